The number of aliphatic hydroxyl groups excluding tert-OH is 2. The zero-order chi connectivity index (χ0) is 21.2. The Morgan fingerprint density at radius 1 is 1.21 bits per heavy atom. The first-order valence-electron chi connectivity index (χ1n) is 9.25. The first-order chi connectivity index (χ1) is 13.6. The summed E-state index contributed by atoms with van der Waals surface area (Å²) in [6.07, 6.45) is 1.91. The normalized spacial score (nSPS) is 26.1. The van der Waals surface area contributed by atoms with Gasteiger partial charge < -0.3 is 26.0 Å². The average molecular weight is 399 g/mol. The van der Waals surface area contributed by atoms with Gasteiger partial charge in [-0.3, -0.25) is 14.4 Å². The van der Waals surface area contributed by atoms with Crippen molar-refractivity contribution in [2.45, 2.75) is 19.3 Å². The summed E-state index contributed by atoms with van der Waals surface area (Å²) in [4.78, 5) is 43.5. The van der Waals surface area contributed by atoms with Crippen LogP contribution in [0.3, 0.4) is 0 Å². The number of carbonyl (C=O) groups is 3. The zero-order valence-electron chi connectivity index (χ0n) is 16.0. The predicted molar refractivity (Wildman–Crippen MR) is 101 cm³/mol. The first-order valence-corrected chi connectivity index (χ1v) is 9.25. The van der Waals surface area contributed by atoms with Crippen LogP contribution in [-0.4, -0.2) is 51.9 Å². The van der Waals surface area contributed by atoms with Crippen molar-refractivity contribution in [3.8, 4) is 5.75 Å². The van der Waals surface area contributed by atoms with E-state index in [4.69, 9.17) is 5.73 Å². The second kappa shape index (κ2) is 6.33. The Balaban J connectivity index is 1.87. The lowest BCUT2D eigenvalue weighted by Gasteiger charge is -2.41. The van der Waals surface area contributed by atoms with Gasteiger partial charge in [-0.25, -0.2) is 4.98 Å². The van der Waals surface area contributed by atoms with Crippen LogP contribution in [0.4, 0.5) is 5.82 Å². The lowest BCUT2D eigenvalue weighted by atomic mass is 9.62. The average Bonchev–Trinajstić information content (AvgIpc) is 2.60. The van der Waals surface area contributed by atoms with Crippen molar-refractivity contribution in [3.63, 3.8) is 0 Å². The van der Waals surface area contributed by atoms with Crippen LogP contribution < -0.4 is 10.6 Å². The summed E-state index contributed by atoms with van der Waals surface area (Å²) in [6.45, 7) is 0. The molecule has 1 aromatic rings. The minimum atomic E-state index is -1.11. The van der Waals surface area contributed by atoms with Gasteiger partial charge in [0, 0.05) is 31.7 Å². The van der Waals surface area contributed by atoms with Gasteiger partial charge in [-0.05, 0) is 24.7 Å². The minimum Gasteiger partial charge on any atom is -0.511 e. The molecule has 0 bridgehead atoms. The number of aromatic nitrogens is 1. The number of anilines is 1. The van der Waals surface area contributed by atoms with E-state index in [0.717, 1.165) is 0 Å². The number of nitrogens with two attached hydrogens (primary N) is 1. The molecule has 0 aromatic carbocycles. The number of pyridine rings is 1. The molecule has 29 heavy (non-hydrogen) atoms. The summed E-state index contributed by atoms with van der Waals surface area (Å²) >= 11 is 0. The van der Waals surface area contributed by atoms with Gasteiger partial charge in [0.05, 0.1) is 17.7 Å². The van der Waals surface area contributed by atoms with Gasteiger partial charge in [0.2, 0.25) is 0 Å². The topological polar surface area (TPSA) is 154 Å². The Hall–Kier alpha value is -3.36. The molecule has 1 aromatic heterocycles. The monoisotopic (exact) mass is 399 g/mol. The molecule has 1 amide bonds. The van der Waals surface area contributed by atoms with Gasteiger partial charge in [-0.15, -0.1) is 0 Å². The van der Waals surface area contributed by atoms with Crippen LogP contribution in [0.2, 0.25) is 0 Å². The highest BCUT2D eigenvalue weighted by Gasteiger charge is 2.50. The fourth-order valence-corrected chi connectivity index (χ4v) is 4.90. The molecule has 0 fully saturated rings. The van der Waals surface area contributed by atoms with Crippen LogP contribution in [0.1, 0.15) is 28.8 Å². The molecule has 3 aliphatic rings. The van der Waals surface area contributed by atoms with Gasteiger partial charge in [0.15, 0.2) is 11.6 Å². The van der Waals surface area contributed by atoms with Crippen molar-refractivity contribution in [2.75, 3.05) is 19.0 Å². The van der Waals surface area contributed by atoms with E-state index in [9.17, 15) is 29.7 Å². The number of carbonyl (C=O) groups excluding carboxylic acids is 3. The number of nitrogens with zero attached hydrogens (tertiary/aromatic N) is 2. The third-order valence-corrected chi connectivity index (χ3v) is 6.04. The first kappa shape index (κ1) is 19.0. The SMILES string of the molecule is CN(C)c1ncc(O)c2c1CC1CC3CC(O)=C(C(N)=O)C(=O)C3C(O)=C1C2=O. The molecule has 0 radical (unpaired) electrons. The molecule has 9 nitrogen and oxygen atoms in total. The van der Waals surface area contributed by atoms with Crippen LogP contribution in [0.25, 0.3) is 0 Å². The summed E-state index contributed by atoms with van der Waals surface area (Å²) in [5.74, 6) is -4.88. The highest BCUT2D eigenvalue weighted by molar-refractivity contribution is 6.22. The van der Waals surface area contributed by atoms with E-state index in [1.165, 1.54) is 6.20 Å². The van der Waals surface area contributed by atoms with Crippen molar-refractivity contribution in [1.29, 1.82) is 0 Å². The van der Waals surface area contributed by atoms with Gasteiger partial charge in [-0.2, -0.15) is 0 Å². The molecule has 3 aliphatic carbocycles. The summed E-state index contributed by atoms with van der Waals surface area (Å²) in [6, 6.07) is 0. The second-order valence-electron chi connectivity index (χ2n) is 7.97. The molecule has 3 atom stereocenters. The molecule has 0 saturated carbocycles. The van der Waals surface area contributed by atoms with Crippen molar-refractivity contribution in [3.05, 3.63) is 40.0 Å². The lowest BCUT2D eigenvalue weighted by molar-refractivity contribution is -0.126. The Labute approximate surface area is 166 Å². The lowest BCUT2D eigenvalue weighted by Crippen LogP contribution is -2.43. The molecular weight excluding hydrogens is 378 g/mol. The molecule has 9 heteroatoms. The third kappa shape index (κ3) is 2.60. The molecule has 5 N–H and O–H groups in total. The fourth-order valence-electron chi connectivity index (χ4n) is 4.90. The Morgan fingerprint density at radius 2 is 1.90 bits per heavy atom. The Kier molecular flexibility index (Phi) is 4.14. The standard InChI is InChI=1S/C20H21N3O6/c1-23(2)20-9-4-7-3-8-5-10(24)15(19(21)29)18(28)13(8)16(26)12(7)17(27)14(9)11(25)6-22-20/h6-8,13,24-26H,3-5H2,1-2H3,(H2,21,29). The van der Waals surface area contributed by atoms with Crippen molar-refractivity contribution in [2.24, 2.45) is 23.5 Å². The number of allylic oxidation sites excluding steroid dienone is 3. The van der Waals surface area contributed by atoms with E-state index in [1.54, 1.807) is 19.0 Å². The number of aromatic hydroxyl groups is 1. The fraction of sp³-hybridized carbons (Fsp3) is 0.400. The predicted octanol–water partition coefficient (Wildman–Crippen LogP) is 0.927. The van der Waals surface area contributed by atoms with Crippen molar-refractivity contribution >= 4 is 23.3 Å². The third-order valence-electron chi connectivity index (χ3n) is 6.04. The molecule has 1 heterocycles. The van der Waals surface area contributed by atoms with Crippen LogP contribution in [0.15, 0.2) is 28.9 Å². The maximum Gasteiger partial charge on any atom is 0.255 e. The molecule has 3 unspecified atom stereocenters. The maximum absolute atomic E-state index is 13.2. The number of primary amides is 1. The zero-order valence-corrected chi connectivity index (χ0v) is 16.0. The second-order valence-corrected chi connectivity index (χ2v) is 7.97. The number of aliphatic hydroxyl groups is 2. The van der Waals surface area contributed by atoms with Gasteiger partial charge in [-0.1, -0.05) is 0 Å². The molecule has 0 spiro atoms. The molecule has 0 aliphatic heterocycles. The van der Waals surface area contributed by atoms with Gasteiger partial charge in [0.1, 0.15) is 28.7 Å². The largest absolute Gasteiger partial charge is 0.511 e. The summed E-state index contributed by atoms with van der Waals surface area (Å²) < 4.78 is 0. The van der Waals surface area contributed by atoms with Crippen LogP contribution in [0.5, 0.6) is 5.75 Å². The molecular formula is C20H21N3O6. The number of hydrogen-bond donors (Lipinski definition) is 4. The van der Waals surface area contributed by atoms with Crippen molar-refractivity contribution in [1.82, 2.24) is 4.98 Å². The molecule has 0 saturated heterocycles. The van der Waals surface area contributed by atoms with E-state index in [2.05, 4.69) is 4.98 Å². The summed E-state index contributed by atoms with van der Waals surface area (Å²) in [5, 5.41) is 31.3. The number of Topliss-reactive ketones (excluding diaryl/α,β-unsaturated/α-hetero) is 2. The van der Waals surface area contributed by atoms with Crippen molar-refractivity contribution < 1.29 is 29.7 Å². The number of amides is 1. The van der Waals surface area contributed by atoms with E-state index >= 15 is 0 Å². The number of hydrogen-bond acceptors (Lipinski definition) is 8. The Bertz CT molecular complexity index is 1040. The highest BCUT2D eigenvalue weighted by atomic mass is 16.3. The highest BCUT2D eigenvalue weighted by Crippen LogP contribution is 2.50. The molecule has 152 valence electrons. The number of rotatable bonds is 2. The van der Waals surface area contributed by atoms with E-state index < -0.39 is 46.6 Å². The maximum atomic E-state index is 13.2. The quantitative estimate of drug-likeness (QED) is 0.536. The van der Waals surface area contributed by atoms with Gasteiger partial charge >= 0.3 is 0 Å². The van der Waals surface area contributed by atoms with E-state index in [1.807, 2.05) is 0 Å². The van der Waals surface area contributed by atoms with E-state index in [-0.39, 0.29) is 29.1 Å². The van der Waals surface area contributed by atoms with Crippen LogP contribution in [-0.2, 0) is 16.0 Å². The number of ketones is 2. The van der Waals surface area contributed by atoms with Crippen LogP contribution in [0, 0.1) is 17.8 Å². The minimum absolute atomic E-state index is 0.0163. The van der Waals surface area contributed by atoms with E-state index in [0.29, 0.717) is 24.2 Å². The number of fused-ring (bicyclic) bond motifs is 3. The summed E-state index contributed by atoms with van der Waals surface area (Å²) in [5.41, 5.74) is 5.41. The Morgan fingerprint density at radius 3 is 2.52 bits per heavy atom. The van der Waals surface area contributed by atoms with Gasteiger partial charge in [0.25, 0.3) is 5.91 Å². The van der Waals surface area contributed by atoms with Crippen LogP contribution >= 0.6 is 0 Å². The summed E-state index contributed by atoms with van der Waals surface area (Å²) in [7, 11) is 3.55. The smallest absolute Gasteiger partial charge is 0.255 e. The molecule has 4 rings (SSSR count).